The number of amides is 1. The number of hydrogen-bond acceptors (Lipinski definition) is 3. The monoisotopic (exact) mass is 234 g/mol. The molecule has 11 heavy (non-hydrogen) atoms. The van der Waals surface area contributed by atoms with Gasteiger partial charge in [0.25, 0.3) is 0 Å². The minimum absolute atomic E-state index is 0.501. The molecule has 0 aromatic carbocycles. The van der Waals surface area contributed by atoms with Crippen LogP contribution in [0.3, 0.4) is 0 Å². The molecule has 1 rings (SSSR count). The summed E-state index contributed by atoms with van der Waals surface area (Å²) >= 11 is 4.67. The van der Waals surface area contributed by atoms with Gasteiger partial charge < -0.3 is 11.5 Å². The molecule has 0 aliphatic heterocycles. The van der Waals surface area contributed by atoms with E-state index in [4.69, 9.17) is 11.5 Å². The van der Waals surface area contributed by atoms with Gasteiger partial charge in [0.2, 0.25) is 5.91 Å². The van der Waals surface area contributed by atoms with E-state index in [0.29, 0.717) is 0 Å². The number of rotatable bonds is 2. The van der Waals surface area contributed by atoms with Crippen LogP contribution in [0.2, 0.25) is 0 Å². The van der Waals surface area contributed by atoms with Crippen molar-refractivity contribution in [3.63, 3.8) is 0 Å². The van der Waals surface area contributed by atoms with Crippen LogP contribution in [0.1, 0.15) is 10.9 Å². The molecule has 0 saturated heterocycles. The highest BCUT2D eigenvalue weighted by Crippen LogP contribution is 2.23. The van der Waals surface area contributed by atoms with Gasteiger partial charge in [0.1, 0.15) is 6.04 Å². The number of nitrogens with two attached hydrogens (primary N) is 2. The summed E-state index contributed by atoms with van der Waals surface area (Å²) in [5, 5.41) is 1.86. The van der Waals surface area contributed by atoms with Crippen molar-refractivity contribution in [1.29, 1.82) is 0 Å². The lowest BCUT2D eigenvalue weighted by Crippen LogP contribution is -2.27. The van der Waals surface area contributed by atoms with Crippen LogP contribution in [0, 0.1) is 0 Å². The van der Waals surface area contributed by atoms with Crippen LogP contribution >= 0.6 is 27.3 Å². The first-order valence-corrected chi connectivity index (χ1v) is 4.57. The van der Waals surface area contributed by atoms with Crippen molar-refractivity contribution in [1.82, 2.24) is 0 Å². The molecule has 1 aromatic heterocycles. The minimum atomic E-state index is -0.675. The van der Waals surface area contributed by atoms with E-state index in [2.05, 4.69) is 15.9 Å². The highest BCUT2D eigenvalue weighted by molar-refractivity contribution is 9.10. The van der Waals surface area contributed by atoms with Crippen molar-refractivity contribution in [3.05, 3.63) is 20.8 Å². The van der Waals surface area contributed by atoms with Crippen molar-refractivity contribution >= 4 is 33.2 Å². The van der Waals surface area contributed by atoms with E-state index in [-0.39, 0.29) is 0 Å². The van der Waals surface area contributed by atoms with Gasteiger partial charge in [0.15, 0.2) is 0 Å². The number of thiophene rings is 1. The number of halogens is 1. The number of carbonyl (C=O) groups is 1. The summed E-state index contributed by atoms with van der Waals surface area (Å²) in [5.74, 6) is -0.501. The molecule has 0 spiro atoms. The van der Waals surface area contributed by atoms with Crippen LogP contribution in [-0.4, -0.2) is 5.91 Å². The summed E-state index contributed by atoms with van der Waals surface area (Å²) in [6, 6.07) is 1.12. The van der Waals surface area contributed by atoms with Gasteiger partial charge >= 0.3 is 0 Å². The van der Waals surface area contributed by atoms with Crippen molar-refractivity contribution in [2.75, 3.05) is 0 Å². The average Bonchev–Trinajstić information content (AvgIpc) is 2.34. The van der Waals surface area contributed by atoms with Crippen molar-refractivity contribution in [3.8, 4) is 0 Å². The summed E-state index contributed by atoms with van der Waals surface area (Å²) in [5.41, 5.74) is 10.5. The normalized spacial score (nSPS) is 12.9. The number of carbonyl (C=O) groups excluding carboxylic acids is 1. The molecule has 0 bridgehead atoms. The molecule has 1 heterocycles. The largest absolute Gasteiger partial charge is 0.368 e. The van der Waals surface area contributed by atoms with Crippen LogP contribution in [0.5, 0.6) is 0 Å². The molecular formula is C6H7BrN2OS. The third kappa shape index (κ3) is 2.02. The molecule has 1 atom stereocenters. The Morgan fingerprint density at radius 2 is 2.36 bits per heavy atom. The zero-order chi connectivity index (χ0) is 8.43. The molecule has 0 unspecified atom stereocenters. The Morgan fingerprint density at radius 1 is 1.73 bits per heavy atom. The second-order valence-electron chi connectivity index (χ2n) is 2.05. The Bertz CT molecular complexity index is 273. The Balaban J connectivity index is 2.84. The highest BCUT2D eigenvalue weighted by Gasteiger charge is 2.13. The maximum absolute atomic E-state index is 10.6. The lowest BCUT2D eigenvalue weighted by Gasteiger charge is -2.01. The lowest BCUT2D eigenvalue weighted by molar-refractivity contribution is -0.119. The van der Waals surface area contributed by atoms with Gasteiger partial charge in [-0.1, -0.05) is 0 Å². The fourth-order valence-corrected chi connectivity index (χ4v) is 2.08. The summed E-state index contributed by atoms with van der Waals surface area (Å²) in [4.78, 5) is 11.4. The SMILES string of the molecule is NC(=O)[C@H](N)c1cc(Br)cs1. The fourth-order valence-electron chi connectivity index (χ4n) is 0.632. The second-order valence-corrected chi connectivity index (χ2v) is 3.91. The van der Waals surface area contributed by atoms with E-state index in [9.17, 15) is 4.79 Å². The number of primary amides is 1. The van der Waals surface area contributed by atoms with E-state index in [1.807, 2.05) is 5.38 Å². The third-order valence-corrected chi connectivity index (χ3v) is 2.98. The molecule has 0 saturated carbocycles. The average molecular weight is 235 g/mol. The second kappa shape index (κ2) is 3.34. The zero-order valence-corrected chi connectivity index (χ0v) is 7.98. The Morgan fingerprint density at radius 3 is 2.73 bits per heavy atom. The Hall–Kier alpha value is -0.390. The predicted octanol–water partition coefficient (Wildman–Crippen LogP) is 0.996. The molecule has 1 amide bonds. The van der Waals surface area contributed by atoms with Gasteiger partial charge in [-0.05, 0) is 22.0 Å². The summed E-state index contributed by atoms with van der Waals surface area (Å²) in [7, 11) is 0. The fraction of sp³-hybridized carbons (Fsp3) is 0.167. The Labute approximate surface area is 76.5 Å². The van der Waals surface area contributed by atoms with E-state index in [0.717, 1.165) is 9.35 Å². The quantitative estimate of drug-likeness (QED) is 0.802. The molecule has 3 nitrogen and oxygen atoms in total. The number of hydrogen-bond donors (Lipinski definition) is 2. The van der Waals surface area contributed by atoms with Crippen LogP contribution < -0.4 is 11.5 Å². The lowest BCUT2D eigenvalue weighted by atomic mass is 10.2. The zero-order valence-electron chi connectivity index (χ0n) is 5.58. The van der Waals surface area contributed by atoms with Gasteiger partial charge in [-0.15, -0.1) is 11.3 Å². The van der Waals surface area contributed by atoms with Gasteiger partial charge in [-0.25, -0.2) is 0 Å². The topological polar surface area (TPSA) is 69.1 Å². The Kier molecular flexibility index (Phi) is 2.64. The van der Waals surface area contributed by atoms with E-state index in [1.165, 1.54) is 11.3 Å². The highest BCUT2D eigenvalue weighted by atomic mass is 79.9. The molecule has 5 heteroatoms. The first-order chi connectivity index (χ1) is 5.11. The molecule has 4 N–H and O–H groups in total. The molecule has 0 aliphatic rings. The van der Waals surface area contributed by atoms with Crippen LogP contribution in [-0.2, 0) is 4.79 Å². The van der Waals surface area contributed by atoms with Crippen molar-refractivity contribution in [2.45, 2.75) is 6.04 Å². The molecule has 0 fully saturated rings. The van der Waals surface area contributed by atoms with Crippen molar-refractivity contribution in [2.24, 2.45) is 11.5 Å². The molecular weight excluding hydrogens is 228 g/mol. The third-order valence-electron chi connectivity index (χ3n) is 1.20. The van der Waals surface area contributed by atoms with E-state index in [1.54, 1.807) is 6.07 Å². The van der Waals surface area contributed by atoms with Gasteiger partial charge in [0.05, 0.1) is 0 Å². The predicted molar refractivity (Wildman–Crippen MR) is 48.1 cm³/mol. The van der Waals surface area contributed by atoms with E-state index >= 15 is 0 Å². The molecule has 0 aliphatic carbocycles. The van der Waals surface area contributed by atoms with Gasteiger partial charge in [-0.3, -0.25) is 4.79 Å². The first kappa shape index (κ1) is 8.70. The van der Waals surface area contributed by atoms with Crippen molar-refractivity contribution < 1.29 is 4.79 Å². The maximum Gasteiger partial charge on any atom is 0.239 e. The first-order valence-electron chi connectivity index (χ1n) is 2.90. The minimum Gasteiger partial charge on any atom is -0.368 e. The summed E-state index contributed by atoms with van der Waals surface area (Å²) < 4.78 is 0.925. The van der Waals surface area contributed by atoms with Gasteiger partial charge in [-0.2, -0.15) is 0 Å². The summed E-state index contributed by atoms with van der Waals surface area (Å²) in [6.45, 7) is 0. The standard InChI is InChI=1S/C6H7BrN2OS/c7-3-1-4(11-2-3)5(8)6(9)10/h1-2,5H,8H2,(H2,9,10)/t5-/m1/s1. The molecule has 60 valence electrons. The smallest absolute Gasteiger partial charge is 0.239 e. The van der Waals surface area contributed by atoms with Crippen LogP contribution in [0.15, 0.2) is 15.9 Å². The van der Waals surface area contributed by atoms with E-state index < -0.39 is 11.9 Å². The van der Waals surface area contributed by atoms with Gasteiger partial charge in [0, 0.05) is 14.7 Å². The maximum atomic E-state index is 10.6. The summed E-state index contributed by atoms with van der Waals surface area (Å²) in [6.07, 6.45) is 0. The molecule has 0 radical (unpaired) electrons. The molecule has 1 aromatic rings. The van der Waals surface area contributed by atoms with Crippen LogP contribution in [0.4, 0.5) is 0 Å². The van der Waals surface area contributed by atoms with Crippen LogP contribution in [0.25, 0.3) is 0 Å².